The van der Waals surface area contributed by atoms with Crippen LogP contribution in [0.5, 0.6) is 0 Å². The molecule has 0 unspecified atom stereocenters. The van der Waals surface area contributed by atoms with Crippen LogP contribution in [0, 0.1) is 18.3 Å². The molecule has 3 heterocycles. The van der Waals surface area contributed by atoms with E-state index >= 15 is 0 Å². The van der Waals surface area contributed by atoms with E-state index in [9.17, 15) is 27.6 Å². The summed E-state index contributed by atoms with van der Waals surface area (Å²) in [6.07, 6.45) is 6.78. The number of rotatable bonds is 6. The molecule has 1 saturated heterocycles. The minimum Gasteiger partial charge on any atom is -0.339 e. The summed E-state index contributed by atoms with van der Waals surface area (Å²) in [7, 11) is 1.41. The van der Waals surface area contributed by atoms with Crippen molar-refractivity contribution in [3.8, 4) is 23.6 Å². The van der Waals surface area contributed by atoms with Crippen molar-refractivity contribution in [3.63, 3.8) is 0 Å². The molecule has 10 nitrogen and oxygen atoms in total. The van der Waals surface area contributed by atoms with Gasteiger partial charge in [-0.25, -0.2) is 4.98 Å². The van der Waals surface area contributed by atoms with Crippen LogP contribution in [0.15, 0.2) is 30.6 Å². The number of nitrogens with one attached hydrogen (secondary N) is 1. The Morgan fingerprint density at radius 2 is 1.77 bits per heavy atom. The Kier molecular flexibility index (Phi) is 9.95. The Morgan fingerprint density at radius 1 is 1.11 bits per heavy atom. The lowest BCUT2D eigenvalue weighted by atomic mass is 10.1. The average Bonchev–Trinajstić information content (AvgIpc) is 3.73. The van der Waals surface area contributed by atoms with Crippen molar-refractivity contribution >= 4 is 47.4 Å². The molecule has 234 valence electrons. The summed E-state index contributed by atoms with van der Waals surface area (Å²) >= 11 is 6.43. The third kappa shape index (κ3) is 6.71. The van der Waals surface area contributed by atoms with Gasteiger partial charge in [0.05, 0.1) is 28.0 Å². The Morgan fingerprint density at radius 3 is 2.39 bits per heavy atom. The van der Waals surface area contributed by atoms with Crippen molar-refractivity contribution in [2.75, 3.05) is 31.5 Å². The molecule has 0 atom stereocenters. The molecule has 3 aromatic rings. The SMILES string of the molecule is C#CCn1cc(-c2cnc(C(=O)Nc3ccc(C(=O)N4CCN(C(=O)C5CCCC5)CC4)c(Cl)c3)n2C)c(C(F)(F)F)n1.Cl. The highest BCUT2D eigenvalue weighted by Crippen LogP contribution is 2.36. The molecule has 1 N–H and O–H groups in total. The van der Waals surface area contributed by atoms with Crippen LogP contribution in [0.4, 0.5) is 18.9 Å². The lowest BCUT2D eigenvalue weighted by Crippen LogP contribution is -2.51. The van der Waals surface area contributed by atoms with E-state index in [1.54, 1.807) is 4.90 Å². The molecule has 1 aromatic carbocycles. The number of anilines is 1. The number of hydrogen-bond acceptors (Lipinski definition) is 5. The Hall–Kier alpha value is -4.02. The van der Waals surface area contributed by atoms with Gasteiger partial charge in [0.1, 0.15) is 6.54 Å². The fourth-order valence-electron chi connectivity index (χ4n) is 5.55. The highest BCUT2D eigenvalue weighted by Gasteiger charge is 2.38. The number of imidazole rings is 1. The summed E-state index contributed by atoms with van der Waals surface area (Å²) in [6.45, 7) is 1.56. The third-order valence-electron chi connectivity index (χ3n) is 7.79. The number of hydrogen-bond donors (Lipinski definition) is 1. The van der Waals surface area contributed by atoms with Gasteiger partial charge >= 0.3 is 6.18 Å². The van der Waals surface area contributed by atoms with Gasteiger partial charge in [-0.2, -0.15) is 18.3 Å². The summed E-state index contributed by atoms with van der Waals surface area (Å²) < 4.78 is 43.1. The third-order valence-corrected chi connectivity index (χ3v) is 8.10. The standard InChI is InChI=1S/C29H29ClF3N7O3.ClH/c1-3-10-40-17-21(24(36-40)29(31,32)33)23-16-34-25(37(23)2)26(41)35-19-8-9-20(22(30)15-19)28(43)39-13-11-38(12-14-39)27(42)18-6-4-5-7-18;/h1,8-9,15-18H,4-7,10-14H2,2H3,(H,35,41);1H. The molecule has 2 aliphatic rings. The highest BCUT2D eigenvalue weighted by atomic mass is 35.5. The molecule has 0 radical (unpaired) electrons. The Bertz CT molecular complexity index is 1600. The minimum atomic E-state index is -4.75. The van der Waals surface area contributed by atoms with Gasteiger partial charge < -0.3 is 19.7 Å². The van der Waals surface area contributed by atoms with Crippen molar-refractivity contribution in [2.45, 2.75) is 38.4 Å². The van der Waals surface area contributed by atoms with Crippen molar-refractivity contribution in [2.24, 2.45) is 13.0 Å². The van der Waals surface area contributed by atoms with Gasteiger partial charge in [0, 0.05) is 51.0 Å². The fraction of sp³-hybridized carbons (Fsp3) is 0.414. The summed E-state index contributed by atoms with van der Waals surface area (Å²) in [5.41, 5.74) is -0.887. The summed E-state index contributed by atoms with van der Waals surface area (Å²) in [5, 5.41) is 6.28. The zero-order valence-corrected chi connectivity index (χ0v) is 25.3. The molecule has 1 aliphatic carbocycles. The molecular weight excluding hydrogens is 622 g/mol. The molecule has 2 fully saturated rings. The maximum absolute atomic E-state index is 13.6. The molecule has 0 bridgehead atoms. The van der Waals surface area contributed by atoms with E-state index < -0.39 is 17.8 Å². The number of halogens is 5. The average molecular weight is 653 g/mol. The molecular formula is C29H30Cl2F3N7O3. The number of carbonyl (C=O) groups is 3. The van der Waals surface area contributed by atoms with Crippen molar-refractivity contribution in [1.29, 1.82) is 0 Å². The number of benzene rings is 1. The summed E-state index contributed by atoms with van der Waals surface area (Å²) in [4.78, 5) is 46.4. The van der Waals surface area contributed by atoms with Gasteiger partial charge in [0.15, 0.2) is 11.5 Å². The molecule has 5 rings (SSSR count). The van der Waals surface area contributed by atoms with Crippen molar-refractivity contribution in [3.05, 3.63) is 52.7 Å². The first-order valence-electron chi connectivity index (χ1n) is 13.8. The number of terminal acetylenes is 1. The van der Waals surface area contributed by atoms with Gasteiger partial charge in [-0.3, -0.25) is 19.1 Å². The quantitative estimate of drug-likeness (QED) is 0.388. The monoisotopic (exact) mass is 651 g/mol. The van der Waals surface area contributed by atoms with E-state index in [-0.39, 0.29) is 70.0 Å². The largest absolute Gasteiger partial charge is 0.435 e. The summed E-state index contributed by atoms with van der Waals surface area (Å²) in [5.74, 6) is 1.36. The van der Waals surface area contributed by atoms with Crippen LogP contribution < -0.4 is 5.32 Å². The Balaban J connectivity index is 0.00000442. The van der Waals surface area contributed by atoms with Crippen molar-refractivity contribution < 1.29 is 27.6 Å². The van der Waals surface area contributed by atoms with Crippen LogP contribution in [0.2, 0.25) is 5.02 Å². The van der Waals surface area contributed by atoms with Gasteiger partial charge in [-0.05, 0) is 31.0 Å². The van der Waals surface area contributed by atoms with Crippen LogP contribution in [-0.4, -0.2) is 73.0 Å². The normalized spacial score (nSPS) is 15.5. The second-order valence-corrected chi connectivity index (χ2v) is 11.0. The molecule has 44 heavy (non-hydrogen) atoms. The maximum atomic E-state index is 13.6. The van der Waals surface area contributed by atoms with E-state index in [1.165, 1.54) is 29.8 Å². The fourth-order valence-corrected chi connectivity index (χ4v) is 5.81. The van der Waals surface area contributed by atoms with Crippen LogP contribution in [-0.2, 0) is 24.6 Å². The topological polar surface area (TPSA) is 105 Å². The number of carbonyl (C=O) groups excluding carboxylic acids is 3. The lowest BCUT2D eigenvalue weighted by Gasteiger charge is -2.36. The van der Waals surface area contributed by atoms with E-state index in [2.05, 4.69) is 21.3 Å². The first-order valence-corrected chi connectivity index (χ1v) is 14.1. The van der Waals surface area contributed by atoms with E-state index in [0.29, 0.717) is 26.2 Å². The molecule has 0 spiro atoms. The molecule has 3 amide bonds. The minimum absolute atomic E-state index is 0. The smallest absolute Gasteiger partial charge is 0.339 e. The number of aromatic nitrogens is 4. The number of amides is 3. The predicted octanol–water partition coefficient (Wildman–Crippen LogP) is 4.74. The second kappa shape index (κ2) is 13.3. The highest BCUT2D eigenvalue weighted by molar-refractivity contribution is 6.34. The van der Waals surface area contributed by atoms with Crippen LogP contribution in [0.1, 0.15) is 52.4 Å². The van der Waals surface area contributed by atoms with Gasteiger partial charge in [0.25, 0.3) is 11.8 Å². The van der Waals surface area contributed by atoms with E-state index in [0.717, 1.165) is 42.8 Å². The lowest BCUT2D eigenvalue weighted by molar-refractivity contribution is -0.141. The Labute approximate surface area is 262 Å². The van der Waals surface area contributed by atoms with Gasteiger partial charge in [-0.1, -0.05) is 30.4 Å². The zero-order chi connectivity index (χ0) is 30.9. The van der Waals surface area contributed by atoms with Crippen LogP contribution in [0.25, 0.3) is 11.3 Å². The molecule has 1 saturated carbocycles. The van der Waals surface area contributed by atoms with Crippen molar-refractivity contribution in [1.82, 2.24) is 29.1 Å². The zero-order valence-electron chi connectivity index (χ0n) is 23.7. The molecule has 2 aromatic heterocycles. The summed E-state index contributed by atoms with van der Waals surface area (Å²) in [6, 6.07) is 4.42. The molecule has 15 heteroatoms. The van der Waals surface area contributed by atoms with Crippen LogP contribution >= 0.6 is 24.0 Å². The second-order valence-electron chi connectivity index (χ2n) is 10.6. The van der Waals surface area contributed by atoms with Gasteiger partial charge in [-0.15, -0.1) is 18.8 Å². The number of nitrogens with zero attached hydrogens (tertiary/aromatic N) is 6. The first kappa shape index (κ1) is 32.9. The number of piperazine rings is 1. The van der Waals surface area contributed by atoms with E-state index in [4.69, 9.17) is 18.0 Å². The van der Waals surface area contributed by atoms with E-state index in [1.807, 2.05) is 4.90 Å². The predicted molar refractivity (Wildman–Crippen MR) is 159 cm³/mol. The maximum Gasteiger partial charge on any atom is 0.435 e. The number of alkyl halides is 3. The van der Waals surface area contributed by atoms with Gasteiger partial charge in [0.2, 0.25) is 5.91 Å². The first-order chi connectivity index (χ1) is 20.5. The van der Waals surface area contributed by atoms with Crippen LogP contribution in [0.3, 0.4) is 0 Å². The molecule has 1 aliphatic heterocycles.